The maximum absolute atomic E-state index is 14.1. The highest BCUT2D eigenvalue weighted by Gasteiger charge is 2.39. The molecule has 4 heterocycles. The first kappa shape index (κ1) is 39.9. The molecule has 1 amide bonds. The molecule has 2 aromatic heterocycles. The normalized spacial score (nSPS) is 18.7. The lowest BCUT2D eigenvalue weighted by molar-refractivity contribution is -0.137. The molecule has 8 aromatic rings. The first-order valence-electron chi connectivity index (χ1n) is 21.9. The summed E-state index contributed by atoms with van der Waals surface area (Å²) in [5.74, 6) is 1.87. The first-order chi connectivity index (χ1) is 30.2. The summed E-state index contributed by atoms with van der Waals surface area (Å²) in [6, 6.07) is 45.9. The van der Waals surface area contributed by atoms with Crippen molar-refractivity contribution in [3.05, 3.63) is 156 Å². The van der Waals surface area contributed by atoms with E-state index in [4.69, 9.17) is 9.97 Å². The summed E-state index contributed by atoms with van der Waals surface area (Å²) < 4.78 is 0. The number of likely N-dealkylation sites (N-methyl/N-ethyl adjacent to an activating group) is 2. The van der Waals surface area contributed by atoms with Crippen molar-refractivity contribution in [3.63, 3.8) is 0 Å². The fraction of sp³-hybridized carbons (Fsp3) is 0.288. The Morgan fingerprint density at radius 3 is 1.68 bits per heavy atom. The molecule has 62 heavy (non-hydrogen) atoms. The Balaban J connectivity index is 0.866. The van der Waals surface area contributed by atoms with Crippen LogP contribution < -0.4 is 0 Å². The maximum Gasteiger partial charge on any atom is 0.245 e. The lowest BCUT2D eigenvalue weighted by Gasteiger charge is -2.37. The number of fused-ring (bicyclic) bond motifs is 3. The van der Waals surface area contributed by atoms with Crippen LogP contribution in [0.15, 0.2) is 133 Å². The summed E-state index contributed by atoms with van der Waals surface area (Å²) in [4.78, 5) is 39.7. The zero-order chi connectivity index (χ0) is 42.5. The number of aliphatic hydroxyl groups is 1. The van der Waals surface area contributed by atoms with Crippen molar-refractivity contribution in [2.75, 3.05) is 41.3 Å². The minimum atomic E-state index is -0.670. The molecule has 10 heteroatoms. The van der Waals surface area contributed by atoms with E-state index >= 15 is 0 Å². The molecule has 2 aliphatic heterocycles. The van der Waals surface area contributed by atoms with Crippen LogP contribution in [-0.2, 0) is 4.79 Å². The van der Waals surface area contributed by atoms with Gasteiger partial charge in [-0.3, -0.25) is 19.5 Å². The number of imidazole rings is 2. The molecule has 2 saturated heterocycles. The standard InChI is InChI=1S/C52H54N8O2/c1-57(2)47(33-13-7-5-8-14-33)51(61)59-27-11-17-45(59)49-53-41-25-23-39(31-43(41)55-49)37-21-19-36-30-38(22-20-35(36)29-37)40-24-26-42-44(32-40)56-50(54-42)46-18-12-28-60(46)52(62)48(58(3)4)34-15-9-6-10-16-34/h5-10,13-16,19-26,29-32,45-48,51,61H,11-12,17-18,27-28H2,1-4H3,(H,53,55)(H,54,56)/t45-,46-,47+,48+,51?/m0/s1. The Morgan fingerprint density at radius 1 is 0.613 bits per heavy atom. The van der Waals surface area contributed by atoms with E-state index in [1.807, 2.05) is 86.5 Å². The first-order valence-corrected chi connectivity index (χ1v) is 21.9. The van der Waals surface area contributed by atoms with Crippen LogP contribution in [0.4, 0.5) is 0 Å². The minimum absolute atomic E-state index is 0.00704. The third-order valence-electron chi connectivity index (χ3n) is 13.2. The predicted octanol–water partition coefficient (Wildman–Crippen LogP) is 9.65. The molecular formula is C52H54N8O2. The molecule has 6 aromatic carbocycles. The van der Waals surface area contributed by atoms with Gasteiger partial charge in [-0.15, -0.1) is 0 Å². The van der Waals surface area contributed by atoms with Gasteiger partial charge >= 0.3 is 0 Å². The molecule has 2 fully saturated rings. The second kappa shape index (κ2) is 16.6. The summed E-state index contributed by atoms with van der Waals surface area (Å²) in [7, 11) is 8.00. The van der Waals surface area contributed by atoms with Gasteiger partial charge < -0.3 is 20.0 Å². The van der Waals surface area contributed by atoms with Crippen LogP contribution in [0.1, 0.15) is 72.6 Å². The third kappa shape index (κ3) is 7.47. The van der Waals surface area contributed by atoms with Crippen molar-refractivity contribution in [1.82, 2.24) is 39.5 Å². The lowest BCUT2D eigenvalue weighted by Crippen LogP contribution is -2.44. The number of aromatic nitrogens is 4. The molecule has 5 atom stereocenters. The number of carbonyl (C=O) groups excluding carboxylic acids is 1. The molecule has 0 aliphatic carbocycles. The Hall–Kier alpha value is -6.17. The second-order valence-electron chi connectivity index (χ2n) is 17.6. The molecule has 3 N–H and O–H groups in total. The van der Waals surface area contributed by atoms with E-state index < -0.39 is 6.23 Å². The van der Waals surface area contributed by atoms with Crippen molar-refractivity contribution in [2.24, 2.45) is 0 Å². The van der Waals surface area contributed by atoms with Crippen LogP contribution in [-0.4, -0.2) is 98.1 Å². The quantitative estimate of drug-likeness (QED) is 0.119. The Kier molecular flexibility index (Phi) is 10.7. The zero-order valence-corrected chi connectivity index (χ0v) is 35.9. The van der Waals surface area contributed by atoms with Gasteiger partial charge in [0.25, 0.3) is 0 Å². The highest BCUT2D eigenvalue weighted by Crippen LogP contribution is 2.39. The Bertz CT molecular complexity index is 2870. The number of rotatable bonds is 11. The smallest absolute Gasteiger partial charge is 0.245 e. The largest absolute Gasteiger partial charge is 0.376 e. The molecule has 1 unspecified atom stereocenters. The van der Waals surface area contributed by atoms with E-state index in [0.717, 1.165) is 106 Å². The zero-order valence-electron chi connectivity index (χ0n) is 35.9. The maximum atomic E-state index is 14.1. The van der Waals surface area contributed by atoms with Gasteiger partial charge in [0.05, 0.1) is 40.2 Å². The number of hydrogen-bond acceptors (Lipinski definition) is 7. The van der Waals surface area contributed by atoms with Crippen molar-refractivity contribution in [3.8, 4) is 22.3 Å². The fourth-order valence-electron chi connectivity index (χ4n) is 10.1. The number of carbonyl (C=O) groups is 1. The number of aliphatic hydroxyl groups excluding tert-OH is 1. The van der Waals surface area contributed by atoms with Crippen molar-refractivity contribution in [2.45, 2.75) is 56.1 Å². The Morgan fingerprint density at radius 2 is 1.11 bits per heavy atom. The molecule has 2 aliphatic rings. The number of H-pyrrole nitrogens is 2. The van der Waals surface area contributed by atoms with Gasteiger partial charge in [0, 0.05) is 13.1 Å². The number of benzene rings is 6. The molecule has 0 bridgehead atoms. The van der Waals surface area contributed by atoms with Crippen molar-refractivity contribution >= 4 is 38.7 Å². The summed E-state index contributed by atoms with van der Waals surface area (Å²) in [6.07, 6.45) is 3.11. The molecule has 10 rings (SSSR count). The van der Waals surface area contributed by atoms with E-state index in [2.05, 4.69) is 105 Å². The molecule has 314 valence electrons. The highest BCUT2D eigenvalue weighted by atomic mass is 16.3. The highest BCUT2D eigenvalue weighted by molar-refractivity contribution is 5.93. The summed E-state index contributed by atoms with van der Waals surface area (Å²) in [6.45, 7) is 1.54. The number of amides is 1. The lowest BCUT2D eigenvalue weighted by atomic mass is 9.97. The van der Waals surface area contributed by atoms with Gasteiger partial charge in [0.2, 0.25) is 5.91 Å². The number of likely N-dealkylation sites (tertiary alicyclic amines) is 2. The van der Waals surface area contributed by atoms with Crippen molar-refractivity contribution in [1.29, 1.82) is 0 Å². The van der Waals surface area contributed by atoms with E-state index in [0.29, 0.717) is 0 Å². The number of nitrogens with one attached hydrogen (secondary N) is 2. The molecule has 10 nitrogen and oxygen atoms in total. The average molecular weight is 823 g/mol. The monoisotopic (exact) mass is 822 g/mol. The van der Waals surface area contributed by atoms with Crippen LogP contribution in [0, 0.1) is 0 Å². The topological polar surface area (TPSA) is 108 Å². The second-order valence-corrected chi connectivity index (χ2v) is 17.6. The number of nitrogens with zero attached hydrogens (tertiary/aromatic N) is 6. The molecular weight excluding hydrogens is 769 g/mol. The molecule has 0 spiro atoms. The molecule has 0 saturated carbocycles. The Labute approximate surface area is 362 Å². The van der Waals surface area contributed by atoms with Crippen LogP contribution in [0.2, 0.25) is 0 Å². The summed E-state index contributed by atoms with van der Waals surface area (Å²) in [5, 5.41) is 14.1. The van der Waals surface area contributed by atoms with Crippen LogP contribution in [0.3, 0.4) is 0 Å². The van der Waals surface area contributed by atoms with Gasteiger partial charge in [0.15, 0.2) is 0 Å². The number of hydrogen-bond donors (Lipinski definition) is 3. The summed E-state index contributed by atoms with van der Waals surface area (Å²) >= 11 is 0. The predicted molar refractivity (Wildman–Crippen MR) is 248 cm³/mol. The number of aromatic amines is 2. The van der Waals surface area contributed by atoms with E-state index in [1.165, 1.54) is 10.8 Å². The minimum Gasteiger partial charge on any atom is -0.376 e. The van der Waals surface area contributed by atoms with Crippen LogP contribution in [0.25, 0.3) is 55.1 Å². The van der Waals surface area contributed by atoms with E-state index in [9.17, 15) is 9.90 Å². The van der Waals surface area contributed by atoms with E-state index in [-0.39, 0.29) is 30.1 Å². The summed E-state index contributed by atoms with van der Waals surface area (Å²) in [5.41, 5.74) is 10.4. The fourth-order valence-corrected chi connectivity index (χ4v) is 10.1. The SMILES string of the molecule is CN(C)[C@H](c1ccccc1)C(O)N1CCC[C@H]1c1nc2ccc(-c3ccc4cc(-c5ccc6nc([C@@H]7CCCN7C(=O)[C@@H](c7ccccc7)N(C)C)[nH]c6c5)ccc4c3)cc2[nH]1. The average Bonchev–Trinajstić information content (AvgIpc) is 4.12. The van der Waals surface area contributed by atoms with Gasteiger partial charge in [-0.2, -0.15) is 0 Å². The van der Waals surface area contributed by atoms with E-state index in [1.54, 1.807) is 0 Å². The van der Waals surface area contributed by atoms with Gasteiger partial charge in [-0.05, 0) is 134 Å². The van der Waals surface area contributed by atoms with Gasteiger partial charge in [0.1, 0.15) is 23.9 Å². The van der Waals surface area contributed by atoms with Gasteiger partial charge in [-0.25, -0.2) is 9.97 Å². The van der Waals surface area contributed by atoms with Crippen LogP contribution in [0.5, 0.6) is 0 Å². The van der Waals surface area contributed by atoms with Crippen molar-refractivity contribution < 1.29 is 9.90 Å². The van der Waals surface area contributed by atoms with Gasteiger partial charge in [-0.1, -0.05) is 97.1 Å². The molecule has 0 radical (unpaired) electrons. The van der Waals surface area contributed by atoms with Crippen LogP contribution >= 0.6 is 0 Å². The third-order valence-corrected chi connectivity index (χ3v) is 13.2.